The molecular weight excluding hydrogens is 242 g/mol. The summed E-state index contributed by atoms with van der Waals surface area (Å²) in [6, 6.07) is 8.73. The molecule has 4 heteroatoms. The van der Waals surface area contributed by atoms with Gasteiger partial charge in [-0.2, -0.15) is 0 Å². The average Bonchev–Trinajstić information content (AvgIpc) is 2.39. The minimum atomic E-state index is -1.41. The van der Waals surface area contributed by atoms with Gasteiger partial charge in [-0.05, 0) is 18.9 Å². The molecule has 19 heavy (non-hydrogen) atoms. The Morgan fingerprint density at radius 1 is 1.16 bits per heavy atom. The molecule has 0 aromatic heterocycles. The Kier molecular flexibility index (Phi) is 4.35. The van der Waals surface area contributed by atoms with Crippen LogP contribution < -0.4 is 5.32 Å². The highest BCUT2D eigenvalue weighted by Gasteiger charge is 2.39. The first-order valence-corrected chi connectivity index (χ1v) is 6.35. The van der Waals surface area contributed by atoms with E-state index in [4.69, 9.17) is 0 Å². The number of amides is 1. The maximum atomic E-state index is 12.2. The van der Waals surface area contributed by atoms with E-state index in [1.165, 1.54) is 6.92 Å². The third-order valence-electron chi connectivity index (χ3n) is 3.64. The highest BCUT2D eigenvalue weighted by atomic mass is 16.4. The van der Waals surface area contributed by atoms with Gasteiger partial charge in [0.1, 0.15) is 0 Å². The molecular formula is C15H21NO3. The molecule has 4 nitrogen and oxygen atoms in total. The minimum Gasteiger partial charge on any atom is -0.479 e. The lowest BCUT2D eigenvalue weighted by Crippen LogP contribution is -2.53. The van der Waals surface area contributed by atoms with Crippen LogP contribution >= 0.6 is 0 Å². The van der Waals surface area contributed by atoms with Crippen LogP contribution in [-0.2, 0) is 15.1 Å². The first-order chi connectivity index (χ1) is 8.74. The summed E-state index contributed by atoms with van der Waals surface area (Å²) in [7, 11) is 0. The third-order valence-corrected chi connectivity index (χ3v) is 3.64. The van der Waals surface area contributed by atoms with E-state index in [0.717, 1.165) is 0 Å². The molecule has 104 valence electrons. The molecule has 1 rings (SSSR count). The molecule has 0 aliphatic carbocycles. The monoisotopic (exact) mass is 263 g/mol. The number of hydrogen-bond donors (Lipinski definition) is 2. The molecule has 0 saturated carbocycles. The molecule has 1 aromatic carbocycles. The van der Waals surface area contributed by atoms with Crippen molar-refractivity contribution in [2.75, 3.05) is 0 Å². The topological polar surface area (TPSA) is 66.4 Å². The van der Waals surface area contributed by atoms with Crippen molar-refractivity contribution in [3.63, 3.8) is 0 Å². The van der Waals surface area contributed by atoms with Crippen molar-refractivity contribution in [2.24, 2.45) is 5.41 Å². The predicted octanol–water partition coefficient (Wildman–Crippen LogP) is 2.54. The fourth-order valence-corrected chi connectivity index (χ4v) is 1.58. The van der Waals surface area contributed by atoms with Gasteiger partial charge in [-0.3, -0.25) is 4.79 Å². The lowest BCUT2D eigenvalue weighted by molar-refractivity contribution is -0.149. The second-order valence-electron chi connectivity index (χ2n) is 5.49. The van der Waals surface area contributed by atoms with E-state index in [1.807, 2.05) is 13.0 Å². The fourth-order valence-electron chi connectivity index (χ4n) is 1.58. The Labute approximate surface area is 113 Å². The van der Waals surface area contributed by atoms with E-state index in [-0.39, 0.29) is 5.91 Å². The third kappa shape index (κ3) is 3.13. The molecule has 0 aliphatic rings. The van der Waals surface area contributed by atoms with Crippen LogP contribution in [0.25, 0.3) is 0 Å². The van der Waals surface area contributed by atoms with Crippen molar-refractivity contribution < 1.29 is 14.7 Å². The second kappa shape index (κ2) is 5.43. The van der Waals surface area contributed by atoms with Gasteiger partial charge in [0.15, 0.2) is 5.54 Å². The molecule has 0 saturated heterocycles. The van der Waals surface area contributed by atoms with Gasteiger partial charge in [0.2, 0.25) is 5.91 Å². The normalized spacial score (nSPS) is 14.5. The number of aliphatic carboxylic acids is 1. The molecule has 0 bridgehead atoms. The number of carboxylic acid groups (broad SMARTS) is 1. The Hall–Kier alpha value is -1.84. The van der Waals surface area contributed by atoms with Gasteiger partial charge in [0, 0.05) is 5.41 Å². The van der Waals surface area contributed by atoms with Crippen LogP contribution in [0.15, 0.2) is 30.3 Å². The molecule has 0 aliphatic heterocycles. The fraction of sp³-hybridized carbons (Fsp3) is 0.467. The number of carbonyl (C=O) groups excluding carboxylic acids is 1. The van der Waals surface area contributed by atoms with Crippen LogP contribution in [0.2, 0.25) is 0 Å². The Morgan fingerprint density at radius 3 is 2.11 bits per heavy atom. The van der Waals surface area contributed by atoms with Gasteiger partial charge in [0.25, 0.3) is 0 Å². The quantitative estimate of drug-likeness (QED) is 0.858. The smallest absolute Gasteiger partial charge is 0.333 e. The van der Waals surface area contributed by atoms with Gasteiger partial charge in [-0.15, -0.1) is 0 Å². The Balaban J connectivity index is 3.10. The van der Waals surface area contributed by atoms with Crippen molar-refractivity contribution >= 4 is 11.9 Å². The molecule has 1 atom stereocenters. The SMILES string of the molecule is CCC(C)(C)C(=O)NC(C)(C(=O)O)c1ccccc1. The lowest BCUT2D eigenvalue weighted by atomic mass is 9.85. The van der Waals surface area contributed by atoms with E-state index in [0.29, 0.717) is 12.0 Å². The van der Waals surface area contributed by atoms with E-state index in [1.54, 1.807) is 38.1 Å². The number of hydrogen-bond acceptors (Lipinski definition) is 2. The van der Waals surface area contributed by atoms with E-state index in [2.05, 4.69) is 5.32 Å². The van der Waals surface area contributed by atoms with Crippen LogP contribution in [0.4, 0.5) is 0 Å². The van der Waals surface area contributed by atoms with Gasteiger partial charge in [0.05, 0.1) is 0 Å². The average molecular weight is 263 g/mol. The number of carbonyl (C=O) groups is 2. The Morgan fingerprint density at radius 2 is 1.68 bits per heavy atom. The highest BCUT2D eigenvalue weighted by Crippen LogP contribution is 2.26. The predicted molar refractivity (Wildman–Crippen MR) is 73.6 cm³/mol. The summed E-state index contributed by atoms with van der Waals surface area (Å²) in [5.41, 5.74) is -1.45. The number of benzene rings is 1. The highest BCUT2D eigenvalue weighted by molar-refractivity contribution is 5.90. The summed E-state index contributed by atoms with van der Waals surface area (Å²) in [5, 5.41) is 12.1. The van der Waals surface area contributed by atoms with E-state index in [9.17, 15) is 14.7 Å². The van der Waals surface area contributed by atoms with Crippen LogP contribution in [0, 0.1) is 5.41 Å². The van der Waals surface area contributed by atoms with Crippen LogP contribution in [-0.4, -0.2) is 17.0 Å². The standard InChI is InChI=1S/C15H21NO3/c1-5-14(2,3)12(17)16-15(4,13(18)19)11-9-7-6-8-10-11/h6-10H,5H2,1-4H3,(H,16,17)(H,18,19). The summed E-state index contributed by atoms with van der Waals surface area (Å²) >= 11 is 0. The van der Waals surface area contributed by atoms with Gasteiger partial charge < -0.3 is 10.4 Å². The molecule has 0 heterocycles. The first kappa shape index (κ1) is 15.2. The zero-order valence-corrected chi connectivity index (χ0v) is 11.9. The van der Waals surface area contributed by atoms with E-state index >= 15 is 0 Å². The van der Waals surface area contributed by atoms with Crippen molar-refractivity contribution in [1.82, 2.24) is 5.32 Å². The summed E-state index contributed by atoms with van der Waals surface area (Å²) < 4.78 is 0. The van der Waals surface area contributed by atoms with Crippen molar-refractivity contribution in [3.8, 4) is 0 Å². The maximum absolute atomic E-state index is 12.2. The van der Waals surface area contributed by atoms with Gasteiger partial charge >= 0.3 is 5.97 Å². The number of rotatable bonds is 5. The van der Waals surface area contributed by atoms with Gasteiger partial charge in [-0.25, -0.2) is 4.79 Å². The van der Waals surface area contributed by atoms with Crippen molar-refractivity contribution in [3.05, 3.63) is 35.9 Å². The summed E-state index contributed by atoms with van der Waals surface area (Å²) in [6.45, 7) is 7.01. The summed E-state index contributed by atoms with van der Waals surface area (Å²) in [6.07, 6.45) is 0.642. The molecule has 2 N–H and O–H groups in total. The Bertz CT molecular complexity index is 468. The van der Waals surface area contributed by atoms with E-state index < -0.39 is 16.9 Å². The van der Waals surface area contributed by atoms with Gasteiger partial charge in [-0.1, -0.05) is 51.1 Å². The molecule has 1 unspecified atom stereocenters. The van der Waals surface area contributed by atoms with Crippen molar-refractivity contribution in [2.45, 2.75) is 39.7 Å². The zero-order valence-electron chi connectivity index (χ0n) is 11.9. The second-order valence-corrected chi connectivity index (χ2v) is 5.49. The first-order valence-electron chi connectivity index (χ1n) is 6.35. The van der Waals surface area contributed by atoms with Crippen molar-refractivity contribution in [1.29, 1.82) is 0 Å². The molecule has 0 spiro atoms. The molecule has 1 aromatic rings. The largest absolute Gasteiger partial charge is 0.479 e. The van der Waals surface area contributed by atoms with Crippen LogP contribution in [0.3, 0.4) is 0 Å². The summed E-state index contributed by atoms with van der Waals surface area (Å²) in [4.78, 5) is 23.8. The lowest BCUT2D eigenvalue weighted by Gasteiger charge is -2.31. The molecule has 0 fully saturated rings. The number of carboxylic acids is 1. The number of nitrogens with one attached hydrogen (secondary N) is 1. The summed E-state index contributed by atoms with van der Waals surface area (Å²) in [5.74, 6) is -1.33. The van der Waals surface area contributed by atoms with Crippen LogP contribution in [0.5, 0.6) is 0 Å². The zero-order chi connectivity index (χ0) is 14.7. The van der Waals surface area contributed by atoms with Crippen LogP contribution in [0.1, 0.15) is 39.7 Å². The molecule has 0 radical (unpaired) electrons. The maximum Gasteiger partial charge on any atom is 0.333 e. The molecule has 1 amide bonds. The minimum absolute atomic E-state index is 0.260.